The van der Waals surface area contributed by atoms with Gasteiger partial charge in [-0.05, 0) is 69.2 Å². The van der Waals surface area contributed by atoms with E-state index in [2.05, 4.69) is 13.8 Å². The molecule has 136 valence electrons. The molecule has 0 saturated heterocycles. The zero-order chi connectivity index (χ0) is 18.5. The molecule has 0 aliphatic rings. The fraction of sp³-hybridized carbons (Fsp3) is 0.429. The second kappa shape index (κ2) is 7.79. The van der Waals surface area contributed by atoms with Gasteiger partial charge in [0.05, 0.1) is 12.2 Å². The van der Waals surface area contributed by atoms with Crippen molar-refractivity contribution in [2.24, 2.45) is 0 Å². The summed E-state index contributed by atoms with van der Waals surface area (Å²) in [6, 6.07) is 13.9. The summed E-state index contributed by atoms with van der Waals surface area (Å²) in [5, 5.41) is 18.8. The topological polar surface area (TPSA) is 58.9 Å². The molecule has 0 radical (unpaired) electrons. The zero-order valence-corrected chi connectivity index (χ0v) is 15.5. The normalized spacial score (nSPS) is 14.1. The summed E-state index contributed by atoms with van der Waals surface area (Å²) in [5.41, 5.74) is 0.258. The van der Waals surface area contributed by atoms with Gasteiger partial charge in [0.2, 0.25) is 0 Å². The van der Waals surface area contributed by atoms with E-state index in [1.54, 1.807) is 36.4 Å². The van der Waals surface area contributed by atoms with Gasteiger partial charge in [0, 0.05) is 6.42 Å². The Bertz CT molecular complexity index is 661. The monoisotopic (exact) mass is 344 g/mol. The molecule has 0 spiro atoms. The molecule has 0 heterocycles. The predicted molar refractivity (Wildman–Crippen MR) is 99.1 cm³/mol. The highest BCUT2D eigenvalue weighted by molar-refractivity contribution is 5.31. The van der Waals surface area contributed by atoms with E-state index >= 15 is 0 Å². The Hall–Kier alpha value is -2.20. The number of phenols is 2. The van der Waals surface area contributed by atoms with Gasteiger partial charge in [-0.2, -0.15) is 0 Å². The van der Waals surface area contributed by atoms with Crippen LogP contribution >= 0.6 is 0 Å². The lowest BCUT2D eigenvalue weighted by atomic mass is 9.92. The average molecular weight is 344 g/mol. The third-order valence-electron chi connectivity index (χ3n) is 4.51. The number of rotatable bonds is 8. The van der Waals surface area contributed by atoms with Crippen molar-refractivity contribution in [1.29, 1.82) is 0 Å². The Labute approximate surface area is 150 Å². The first-order valence-corrected chi connectivity index (χ1v) is 8.66. The fourth-order valence-electron chi connectivity index (χ4n) is 2.61. The van der Waals surface area contributed by atoms with Crippen LogP contribution in [0, 0.1) is 0 Å². The molecule has 0 saturated carbocycles. The van der Waals surface area contributed by atoms with E-state index < -0.39 is 5.60 Å². The van der Waals surface area contributed by atoms with Crippen LogP contribution < -0.4 is 4.74 Å². The van der Waals surface area contributed by atoms with Crippen LogP contribution in [0.5, 0.6) is 17.2 Å². The number of hydrogen-bond donors (Lipinski definition) is 2. The molecule has 1 atom stereocenters. The quantitative estimate of drug-likeness (QED) is 0.708. The van der Waals surface area contributed by atoms with E-state index in [0.717, 1.165) is 24.2 Å². The van der Waals surface area contributed by atoms with Crippen LogP contribution in [0.25, 0.3) is 0 Å². The maximum Gasteiger partial charge on any atom is 0.120 e. The van der Waals surface area contributed by atoms with Gasteiger partial charge < -0.3 is 19.7 Å². The molecule has 0 aromatic heterocycles. The van der Waals surface area contributed by atoms with E-state index in [-0.39, 0.29) is 17.1 Å². The van der Waals surface area contributed by atoms with Gasteiger partial charge >= 0.3 is 0 Å². The Morgan fingerprint density at radius 1 is 0.840 bits per heavy atom. The Morgan fingerprint density at radius 2 is 1.36 bits per heavy atom. The van der Waals surface area contributed by atoms with E-state index in [0.29, 0.717) is 6.61 Å². The summed E-state index contributed by atoms with van der Waals surface area (Å²) in [4.78, 5) is 0. The molecule has 0 fully saturated rings. The van der Waals surface area contributed by atoms with Gasteiger partial charge in [0.1, 0.15) is 22.8 Å². The van der Waals surface area contributed by atoms with Gasteiger partial charge in [0.25, 0.3) is 0 Å². The summed E-state index contributed by atoms with van der Waals surface area (Å²) < 4.78 is 12.2. The molecule has 4 heteroatoms. The largest absolute Gasteiger partial charge is 0.508 e. The molecule has 0 aliphatic carbocycles. The molecule has 2 aromatic rings. The van der Waals surface area contributed by atoms with Gasteiger partial charge in [-0.15, -0.1) is 0 Å². The van der Waals surface area contributed by atoms with Gasteiger partial charge in [-0.25, -0.2) is 0 Å². The minimum absolute atomic E-state index is 0.223. The molecule has 25 heavy (non-hydrogen) atoms. The highest BCUT2D eigenvalue weighted by atomic mass is 16.5. The highest BCUT2D eigenvalue weighted by Gasteiger charge is 2.27. The first-order valence-electron chi connectivity index (χ1n) is 8.66. The van der Waals surface area contributed by atoms with Crippen molar-refractivity contribution in [3.8, 4) is 17.2 Å². The third kappa shape index (κ3) is 5.40. The molecule has 2 rings (SSSR count). The SMILES string of the molecule is CCC(C)(OCCC(C)(C)Oc1ccc(O)cc1)c1ccc(O)cc1. The number of ether oxygens (including phenoxy) is 2. The third-order valence-corrected chi connectivity index (χ3v) is 4.51. The van der Waals surface area contributed by atoms with E-state index in [1.807, 2.05) is 26.0 Å². The minimum atomic E-state index is -0.400. The van der Waals surface area contributed by atoms with E-state index in [4.69, 9.17) is 9.47 Å². The molecule has 2 N–H and O–H groups in total. The lowest BCUT2D eigenvalue weighted by Gasteiger charge is -2.32. The van der Waals surface area contributed by atoms with Crippen LogP contribution in [-0.4, -0.2) is 22.4 Å². The standard InChI is InChI=1S/C21H28O4/c1-5-21(4,16-6-8-17(22)9-7-16)24-15-14-20(2,3)25-19-12-10-18(23)11-13-19/h6-13,22-23H,5,14-15H2,1-4H3. The van der Waals surface area contributed by atoms with Crippen molar-refractivity contribution < 1.29 is 19.7 Å². The zero-order valence-electron chi connectivity index (χ0n) is 15.5. The average Bonchev–Trinajstić information content (AvgIpc) is 2.57. The summed E-state index contributed by atoms with van der Waals surface area (Å²) in [5.74, 6) is 1.20. The van der Waals surface area contributed by atoms with Crippen molar-refractivity contribution in [3.05, 3.63) is 54.1 Å². The van der Waals surface area contributed by atoms with Crippen molar-refractivity contribution in [3.63, 3.8) is 0 Å². The van der Waals surface area contributed by atoms with E-state index in [1.165, 1.54) is 0 Å². The smallest absolute Gasteiger partial charge is 0.120 e. The summed E-state index contributed by atoms with van der Waals surface area (Å²) in [6.45, 7) is 8.74. The second-order valence-corrected chi connectivity index (χ2v) is 7.09. The van der Waals surface area contributed by atoms with E-state index in [9.17, 15) is 10.2 Å². The number of hydrogen-bond acceptors (Lipinski definition) is 4. The predicted octanol–water partition coefficient (Wildman–Crippen LogP) is 4.99. The van der Waals surface area contributed by atoms with Gasteiger partial charge in [0.15, 0.2) is 0 Å². The van der Waals surface area contributed by atoms with Gasteiger partial charge in [-0.3, -0.25) is 0 Å². The molecule has 1 unspecified atom stereocenters. The van der Waals surface area contributed by atoms with Crippen LogP contribution in [0.3, 0.4) is 0 Å². The minimum Gasteiger partial charge on any atom is -0.508 e. The summed E-state index contributed by atoms with van der Waals surface area (Å²) >= 11 is 0. The Balaban J connectivity index is 1.94. The van der Waals surface area contributed by atoms with Crippen molar-refractivity contribution in [1.82, 2.24) is 0 Å². The second-order valence-electron chi connectivity index (χ2n) is 7.09. The fourth-order valence-corrected chi connectivity index (χ4v) is 2.61. The van der Waals surface area contributed by atoms with Gasteiger partial charge in [-0.1, -0.05) is 19.1 Å². The van der Waals surface area contributed by atoms with Crippen LogP contribution in [0.15, 0.2) is 48.5 Å². The molecule has 2 aromatic carbocycles. The highest BCUT2D eigenvalue weighted by Crippen LogP contribution is 2.31. The molecule has 0 aliphatic heterocycles. The summed E-state index contributed by atoms with van der Waals surface area (Å²) in [6.07, 6.45) is 1.55. The number of aromatic hydroxyl groups is 2. The lowest BCUT2D eigenvalue weighted by Crippen LogP contribution is -2.33. The molecular weight excluding hydrogens is 316 g/mol. The van der Waals surface area contributed by atoms with Crippen LogP contribution in [0.4, 0.5) is 0 Å². The lowest BCUT2D eigenvalue weighted by molar-refractivity contribution is -0.0585. The molecule has 0 bridgehead atoms. The number of benzene rings is 2. The van der Waals surface area contributed by atoms with Crippen LogP contribution in [0.1, 0.15) is 46.1 Å². The number of phenolic OH excluding ortho intramolecular Hbond substituents is 2. The molecule has 0 amide bonds. The maximum atomic E-state index is 9.46. The first kappa shape index (κ1) is 19.1. The Kier molecular flexibility index (Phi) is 5.96. The molecular formula is C21H28O4. The maximum absolute atomic E-state index is 9.46. The van der Waals surface area contributed by atoms with Crippen molar-refractivity contribution >= 4 is 0 Å². The molecule has 4 nitrogen and oxygen atoms in total. The van der Waals surface area contributed by atoms with Crippen LogP contribution in [0.2, 0.25) is 0 Å². The summed E-state index contributed by atoms with van der Waals surface area (Å²) in [7, 11) is 0. The van der Waals surface area contributed by atoms with Crippen molar-refractivity contribution in [2.75, 3.05) is 6.61 Å². The first-order chi connectivity index (χ1) is 11.7. The van der Waals surface area contributed by atoms with Crippen LogP contribution in [-0.2, 0) is 10.3 Å². The van der Waals surface area contributed by atoms with Crippen molar-refractivity contribution in [2.45, 2.75) is 51.7 Å². The Morgan fingerprint density at radius 3 is 1.88 bits per heavy atom.